The van der Waals surface area contributed by atoms with Gasteiger partial charge in [0.05, 0.1) is 0 Å². The van der Waals surface area contributed by atoms with Crippen molar-refractivity contribution in [2.75, 3.05) is 13.2 Å². The van der Waals surface area contributed by atoms with Gasteiger partial charge in [-0.05, 0) is 154 Å². The smallest absolute Gasteiger partial charge is 0.306 e. The van der Waals surface area contributed by atoms with Crippen LogP contribution in [-0.2, 0) is 28.6 Å². The number of esters is 3. The van der Waals surface area contributed by atoms with Gasteiger partial charge in [-0.15, -0.1) is 0 Å². The normalized spacial score (nSPS) is 13.3. The standard InChI is InChI=1S/C77H120O6/c1-4-7-10-13-16-19-22-25-28-31-33-35-37-38-40-41-43-46-49-52-55-58-61-64-67-70-76(79)82-73-74(72-81-75(78)69-66-63-60-57-54-51-48-45-30-27-24-21-18-15-12-9-6-3)83-77(80)71-68-65-62-59-56-53-50-47-44-42-39-36-34-32-29-26-23-20-17-14-11-8-5-2/h7-12,16-21,25-30,33-36,38,40,42-44,46,50,53,74H,4-6,13-15,22-24,31-32,37,39,41,45,47-49,51-52,54-73H2,1-3H3/b10-7-,11-8-,12-9-,19-16-,20-17-,21-18-,28-25-,29-26-,30-27-,35-33-,36-34-,40-38-,44-42-,46-43-,53-50-. The number of carbonyl (C=O) groups excluding carboxylic acids is 3. The van der Waals surface area contributed by atoms with Crippen LogP contribution in [0.25, 0.3) is 0 Å². The number of rotatable bonds is 58. The van der Waals surface area contributed by atoms with Crippen molar-refractivity contribution >= 4 is 17.9 Å². The van der Waals surface area contributed by atoms with Crippen LogP contribution in [0.2, 0.25) is 0 Å². The zero-order valence-electron chi connectivity index (χ0n) is 53.1. The van der Waals surface area contributed by atoms with Gasteiger partial charge in [-0.3, -0.25) is 14.4 Å². The molecule has 0 amide bonds. The van der Waals surface area contributed by atoms with Crippen molar-refractivity contribution in [2.45, 2.75) is 271 Å². The predicted molar refractivity (Wildman–Crippen MR) is 361 cm³/mol. The molecule has 0 aliphatic rings. The maximum atomic E-state index is 12.9. The molecule has 464 valence electrons. The second-order valence-corrected chi connectivity index (χ2v) is 21.2. The Morgan fingerprint density at radius 2 is 0.434 bits per heavy atom. The maximum absolute atomic E-state index is 12.9. The van der Waals surface area contributed by atoms with Crippen LogP contribution in [0.4, 0.5) is 0 Å². The van der Waals surface area contributed by atoms with Crippen LogP contribution in [-0.4, -0.2) is 37.2 Å². The Balaban J connectivity index is 4.52. The van der Waals surface area contributed by atoms with Crippen molar-refractivity contribution in [1.82, 2.24) is 0 Å². The summed E-state index contributed by atoms with van der Waals surface area (Å²) >= 11 is 0. The molecule has 0 spiro atoms. The molecule has 0 aromatic rings. The topological polar surface area (TPSA) is 78.9 Å². The molecule has 0 fully saturated rings. The van der Waals surface area contributed by atoms with E-state index in [0.717, 1.165) is 186 Å². The fraction of sp³-hybridized carbons (Fsp3) is 0.571. The molecular weight excluding hydrogens is 1020 g/mol. The van der Waals surface area contributed by atoms with Gasteiger partial charge >= 0.3 is 17.9 Å². The number of hydrogen-bond acceptors (Lipinski definition) is 6. The van der Waals surface area contributed by atoms with Crippen molar-refractivity contribution < 1.29 is 28.6 Å². The van der Waals surface area contributed by atoms with Crippen LogP contribution in [0.5, 0.6) is 0 Å². The molecule has 0 bridgehead atoms. The van der Waals surface area contributed by atoms with E-state index in [-0.39, 0.29) is 37.5 Å². The van der Waals surface area contributed by atoms with Gasteiger partial charge in [0.15, 0.2) is 6.10 Å². The van der Waals surface area contributed by atoms with Gasteiger partial charge in [-0.2, -0.15) is 0 Å². The van der Waals surface area contributed by atoms with Gasteiger partial charge in [0.1, 0.15) is 13.2 Å². The lowest BCUT2D eigenvalue weighted by atomic mass is 10.1. The minimum atomic E-state index is -0.816. The van der Waals surface area contributed by atoms with Crippen molar-refractivity contribution in [3.8, 4) is 0 Å². The van der Waals surface area contributed by atoms with E-state index in [1.54, 1.807) is 0 Å². The minimum absolute atomic E-state index is 0.108. The Kier molecular flexibility index (Phi) is 64.4. The second-order valence-electron chi connectivity index (χ2n) is 21.2. The van der Waals surface area contributed by atoms with E-state index >= 15 is 0 Å². The highest BCUT2D eigenvalue weighted by molar-refractivity contribution is 5.71. The summed E-state index contributed by atoms with van der Waals surface area (Å²) in [6.45, 7) is 6.26. The fourth-order valence-corrected chi connectivity index (χ4v) is 8.52. The summed E-state index contributed by atoms with van der Waals surface area (Å²) in [6, 6.07) is 0. The molecule has 0 aliphatic heterocycles. The molecule has 1 unspecified atom stereocenters. The largest absolute Gasteiger partial charge is 0.462 e. The first-order chi connectivity index (χ1) is 41.0. The summed E-state index contributed by atoms with van der Waals surface area (Å²) < 4.78 is 16.9. The molecule has 0 aromatic heterocycles. The van der Waals surface area contributed by atoms with Crippen LogP contribution in [0.15, 0.2) is 182 Å². The number of allylic oxidation sites excluding steroid dienone is 30. The third-order valence-corrected chi connectivity index (χ3v) is 13.4. The highest BCUT2D eigenvalue weighted by Gasteiger charge is 2.19. The lowest BCUT2D eigenvalue weighted by Gasteiger charge is -2.18. The molecule has 0 N–H and O–H groups in total. The van der Waals surface area contributed by atoms with Crippen LogP contribution < -0.4 is 0 Å². The minimum Gasteiger partial charge on any atom is -0.462 e. The third-order valence-electron chi connectivity index (χ3n) is 13.4. The maximum Gasteiger partial charge on any atom is 0.306 e. The van der Waals surface area contributed by atoms with E-state index in [2.05, 4.69) is 203 Å². The zero-order valence-corrected chi connectivity index (χ0v) is 53.1. The molecule has 0 rings (SSSR count). The molecule has 0 aromatic carbocycles. The van der Waals surface area contributed by atoms with Crippen molar-refractivity contribution in [3.63, 3.8) is 0 Å². The fourth-order valence-electron chi connectivity index (χ4n) is 8.52. The molecular formula is C77H120O6. The van der Waals surface area contributed by atoms with Crippen LogP contribution >= 0.6 is 0 Å². The van der Waals surface area contributed by atoms with E-state index in [1.165, 1.54) is 38.5 Å². The number of hydrogen-bond donors (Lipinski definition) is 0. The summed E-state index contributed by atoms with van der Waals surface area (Å²) in [4.78, 5) is 38.4. The predicted octanol–water partition coefficient (Wildman–Crippen LogP) is 23.2. The van der Waals surface area contributed by atoms with E-state index in [1.807, 2.05) is 0 Å². The average Bonchev–Trinajstić information content (AvgIpc) is 3.49. The highest BCUT2D eigenvalue weighted by atomic mass is 16.6. The first-order valence-corrected chi connectivity index (χ1v) is 33.3. The Morgan fingerprint density at radius 3 is 0.675 bits per heavy atom. The van der Waals surface area contributed by atoms with Crippen LogP contribution in [0, 0.1) is 0 Å². The Morgan fingerprint density at radius 1 is 0.241 bits per heavy atom. The van der Waals surface area contributed by atoms with Gasteiger partial charge in [-0.25, -0.2) is 0 Å². The molecule has 83 heavy (non-hydrogen) atoms. The molecule has 0 saturated carbocycles. The second kappa shape index (κ2) is 69.0. The summed E-state index contributed by atoms with van der Waals surface area (Å²) in [5, 5.41) is 0. The number of ether oxygens (including phenoxy) is 3. The molecule has 0 heterocycles. The molecule has 0 saturated heterocycles. The van der Waals surface area contributed by atoms with E-state index in [0.29, 0.717) is 12.8 Å². The van der Waals surface area contributed by atoms with Gasteiger partial charge in [0.2, 0.25) is 0 Å². The summed E-state index contributed by atoms with van der Waals surface area (Å²) in [5.74, 6) is -0.961. The van der Waals surface area contributed by atoms with E-state index < -0.39 is 6.10 Å². The Hall–Kier alpha value is -5.49. The zero-order chi connectivity index (χ0) is 59.9. The van der Waals surface area contributed by atoms with Crippen molar-refractivity contribution in [1.29, 1.82) is 0 Å². The van der Waals surface area contributed by atoms with E-state index in [9.17, 15) is 14.4 Å². The molecule has 0 radical (unpaired) electrons. The van der Waals surface area contributed by atoms with Crippen molar-refractivity contribution in [3.05, 3.63) is 182 Å². The first kappa shape index (κ1) is 77.5. The summed E-state index contributed by atoms with van der Waals surface area (Å²) in [5.41, 5.74) is 0. The van der Waals surface area contributed by atoms with Crippen LogP contribution in [0.3, 0.4) is 0 Å². The quantitative estimate of drug-likeness (QED) is 0.0261. The van der Waals surface area contributed by atoms with Gasteiger partial charge in [-0.1, -0.05) is 274 Å². The number of unbranched alkanes of at least 4 members (excludes halogenated alkanes) is 17. The van der Waals surface area contributed by atoms with Crippen molar-refractivity contribution in [2.24, 2.45) is 0 Å². The first-order valence-electron chi connectivity index (χ1n) is 33.3. The lowest BCUT2D eigenvalue weighted by Crippen LogP contribution is -2.30. The molecule has 1 atom stereocenters. The third kappa shape index (κ3) is 67.2. The molecule has 6 heteroatoms. The van der Waals surface area contributed by atoms with Gasteiger partial charge in [0.25, 0.3) is 0 Å². The molecule has 6 nitrogen and oxygen atoms in total. The number of carbonyl (C=O) groups is 3. The summed E-state index contributed by atoms with van der Waals surface area (Å²) in [7, 11) is 0. The highest BCUT2D eigenvalue weighted by Crippen LogP contribution is 2.14. The Labute approximate surface area is 510 Å². The average molecular weight is 1140 g/mol. The van der Waals surface area contributed by atoms with Crippen LogP contribution in [0.1, 0.15) is 265 Å². The Bertz CT molecular complexity index is 1940. The SMILES string of the molecule is CC/C=C\C/C=C\C/C=C\C/C=C\C/C=C\C/C=C\CCCCCCCCC(=O)OCC(COC(=O)CCCCCCCCC/C=C\C/C=C\C/C=C\CC)OC(=O)CCCCCC/C=C\C/C=C\C/C=C\C/C=C\C/C=C\C/C=C\CC. The summed E-state index contributed by atoms with van der Waals surface area (Å²) in [6.07, 6.45) is 103. The van der Waals surface area contributed by atoms with E-state index in [4.69, 9.17) is 14.2 Å². The lowest BCUT2D eigenvalue weighted by molar-refractivity contribution is -0.167. The monoisotopic (exact) mass is 1140 g/mol. The van der Waals surface area contributed by atoms with Gasteiger partial charge in [0, 0.05) is 19.3 Å². The van der Waals surface area contributed by atoms with Gasteiger partial charge < -0.3 is 14.2 Å². The molecule has 0 aliphatic carbocycles.